The molecule has 0 saturated heterocycles. The number of rotatable bonds is 5. The Labute approximate surface area is 110 Å². The minimum atomic E-state index is -0.119. The van der Waals surface area contributed by atoms with Crippen LogP contribution >= 0.6 is 15.9 Å². The molecule has 0 aliphatic carbocycles. The van der Waals surface area contributed by atoms with Gasteiger partial charge in [0.05, 0.1) is 0 Å². The van der Waals surface area contributed by atoms with Crippen LogP contribution in [0.2, 0.25) is 0 Å². The number of halogens is 1. The van der Waals surface area contributed by atoms with Gasteiger partial charge < -0.3 is 10.4 Å². The topological polar surface area (TPSA) is 49.3 Å². The Morgan fingerprint density at radius 3 is 2.82 bits per heavy atom. The van der Waals surface area contributed by atoms with Gasteiger partial charge in [0.2, 0.25) is 0 Å². The first-order chi connectivity index (χ1) is 8.10. The van der Waals surface area contributed by atoms with Crippen molar-refractivity contribution in [2.75, 3.05) is 5.33 Å². The van der Waals surface area contributed by atoms with Gasteiger partial charge in [0.1, 0.15) is 5.75 Å². The summed E-state index contributed by atoms with van der Waals surface area (Å²) >= 11 is 3.37. The number of hydrogen-bond donors (Lipinski definition) is 2. The number of carbonyl (C=O) groups is 1. The lowest BCUT2D eigenvalue weighted by molar-refractivity contribution is 0.0934. The quantitative estimate of drug-likeness (QED) is 0.821. The van der Waals surface area contributed by atoms with Crippen LogP contribution in [0.1, 0.15) is 35.7 Å². The van der Waals surface area contributed by atoms with E-state index in [4.69, 9.17) is 0 Å². The Bertz CT molecular complexity index is 393. The molecule has 1 aromatic carbocycles. The number of hydrogen-bond acceptors (Lipinski definition) is 2. The Balaban J connectivity index is 2.79. The van der Waals surface area contributed by atoms with E-state index < -0.39 is 0 Å². The lowest BCUT2D eigenvalue weighted by atomic mass is 10.1. The van der Waals surface area contributed by atoms with E-state index in [1.165, 1.54) is 0 Å². The largest absolute Gasteiger partial charge is 0.508 e. The SMILES string of the molecule is CCC(CCBr)NC(=O)c1cccc(O)c1C. The minimum Gasteiger partial charge on any atom is -0.508 e. The molecule has 0 fully saturated rings. The average molecular weight is 300 g/mol. The Hall–Kier alpha value is -1.03. The maximum Gasteiger partial charge on any atom is 0.251 e. The molecule has 0 heterocycles. The van der Waals surface area contributed by atoms with Gasteiger partial charge in [-0.15, -0.1) is 0 Å². The first-order valence-electron chi connectivity index (χ1n) is 5.75. The van der Waals surface area contributed by atoms with Crippen molar-refractivity contribution in [3.8, 4) is 5.75 Å². The molecule has 0 saturated carbocycles. The zero-order chi connectivity index (χ0) is 12.8. The summed E-state index contributed by atoms with van der Waals surface area (Å²) in [5.41, 5.74) is 1.16. The van der Waals surface area contributed by atoms with Crippen LogP contribution in [0.25, 0.3) is 0 Å². The van der Waals surface area contributed by atoms with Gasteiger partial charge in [-0.05, 0) is 31.9 Å². The molecule has 1 amide bonds. The Kier molecular flexibility index (Phi) is 5.48. The summed E-state index contributed by atoms with van der Waals surface area (Å²) in [4.78, 5) is 12.0. The van der Waals surface area contributed by atoms with E-state index in [0.29, 0.717) is 11.1 Å². The molecule has 0 spiro atoms. The number of nitrogens with one attached hydrogen (secondary N) is 1. The molecule has 94 valence electrons. The van der Waals surface area contributed by atoms with Crippen LogP contribution in [0.4, 0.5) is 0 Å². The number of phenols is 1. The highest BCUT2D eigenvalue weighted by molar-refractivity contribution is 9.09. The van der Waals surface area contributed by atoms with Gasteiger partial charge in [0.15, 0.2) is 0 Å². The summed E-state index contributed by atoms with van der Waals surface area (Å²) in [5.74, 6) is 0.0392. The molecule has 4 heteroatoms. The molecule has 0 bridgehead atoms. The van der Waals surface area contributed by atoms with Crippen LogP contribution in [-0.4, -0.2) is 22.4 Å². The van der Waals surface area contributed by atoms with Crippen LogP contribution in [0.3, 0.4) is 0 Å². The highest BCUT2D eigenvalue weighted by Gasteiger charge is 2.14. The van der Waals surface area contributed by atoms with Crippen molar-refractivity contribution in [1.29, 1.82) is 0 Å². The second-order valence-electron chi connectivity index (χ2n) is 4.01. The number of amides is 1. The normalized spacial score (nSPS) is 12.2. The van der Waals surface area contributed by atoms with Crippen molar-refractivity contribution in [1.82, 2.24) is 5.32 Å². The molecule has 0 aromatic heterocycles. The van der Waals surface area contributed by atoms with E-state index in [0.717, 1.165) is 18.2 Å². The summed E-state index contributed by atoms with van der Waals surface area (Å²) in [6, 6.07) is 5.17. The van der Waals surface area contributed by atoms with Gasteiger partial charge in [-0.25, -0.2) is 0 Å². The fourth-order valence-electron chi connectivity index (χ4n) is 1.64. The third kappa shape index (κ3) is 3.73. The van der Waals surface area contributed by atoms with Crippen LogP contribution in [-0.2, 0) is 0 Å². The standard InChI is InChI=1S/C13H18BrNO2/c1-3-10(7-8-14)15-13(17)11-5-4-6-12(16)9(11)2/h4-6,10,16H,3,7-8H2,1-2H3,(H,15,17). The summed E-state index contributed by atoms with van der Waals surface area (Å²) in [6.45, 7) is 3.79. The molecular weight excluding hydrogens is 282 g/mol. The van der Waals surface area contributed by atoms with Crippen molar-refractivity contribution in [2.24, 2.45) is 0 Å². The molecule has 0 aliphatic rings. The van der Waals surface area contributed by atoms with Crippen LogP contribution < -0.4 is 5.32 Å². The Morgan fingerprint density at radius 2 is 2.24 bits per heavy atom. The fourth-order valence-corrected chi connectivity index (χ4v) is 2.20. The predicted molar refractivity (Wildman–Crippen MR) is 72.8 cm³/mol. The first kappa shape index (κ1) is 14.0. The molecule has 1 atom stereocenters. The number of phenolic OH excluding ortho intramolecular Hbond substituents is 1. The van der Waals surface area contributed by atoms with Crippen molar-refractivity contribution in [3.63, 3.8) is 0 Å². The van der Waals surface area contributed by atoms with Gasteiger partial charge in [-0.3, -0.25) is 4.79 Å². The molecule has 0 aliphatic heterocycles. The maximum absolute atomic E-state index is 12.0. The first-order valence-corrected chi connectivity index (χ1v) is 6.87. The number of benzene rings is 1. The molecule has 1 unspecified atom stereocenters. The lowest BCUT2D eigenvalue weighted by Gasteiger charge is -2.16. The molecule has 3 nitrogen and oxygen atoms in total. The van der Waals surface area contributed by atoms with Crippen LogP contribution in [0, 0.1) is 6.92 Å². The fraction of sp³-hybridized carbons (Fsp3) is 0.462. The summed E-state index contributed by atoms with van der Waals surface area (Å²) in [5, 5.41) is 13.4. The average Bonchev–Trinajstić information content (AvgIpc) is 2.31. The lowest BCUT2D eigenvalue weighted by Crippen LogP contribution is -2.35. The van der Waals surface area contributed by atoms with Crippen molar-refractivity contribution < 1.29 is 9.90 Å². The molecular formula is C13H18BrNO2. The van der Waals surface area contributed by atoms with E-state index in [-0.39, 0.29) is 17.7 Å². The third-order valence-corrected chi connectivity index (χ3v) is 3.29. The second-order valence-corrected chi connectivity index (χ2v) is 4.80. The van der Waals surface area contributed by atoms with Gasteiger partial charge >= 0.3 is 0 Å². The number of carbonyl (C=O) groups excluding carboxylic acids is 1. The summed E-state index contributed by atoms with van der Waals surface area (Å²) in [7, 11) is 0. The van der Waals surface area contributed by atoms with Crippen molar-refractivity contribution >= 4 is 21.8 Å². The number of aromatic hydroxyl groups is 1. The van der Waals surface area contributed by atoms with Gasteiger partial charge in [-0.1, -0.05) is 28.9 Å². The van der Waals surface area contributed by atoms with Crippen molar-refractivity contribution in [3.05, 3.63) is 29.3 Å². The van der Waals surface area contributed by atoms with E-state index in [2.05, 4.69) is 21.2 Å². The van der Waals surface area contributed by atoms with E-state index in [1.807, 2.05) is 6.92 Å². The highest BCUT2D eigenvalue weighted by Crippen LogP contribution is 2.19. The molecule has 1 rings (SSSR count). The predicted octanol–water partition coefficient (Wildman–Crippen LogP) is 2.99. The molecule has 17 heavy (non-hydrogen) atoms. The van der Waals surface area contributed by atoms with Gasteiger partial charge in [-0.2, -0.15) is 0 Å². The van der Waals surface area contributed by atoms with E-state index >= 15 is 0 Å². The minimum absolute atomic E-state index is 0.119. The molecule has 1 aromatic rings. The molecule has 0 radical (unpaired) electrons. The molecule has 2 N–H and O–H groups in total. The second kappa shape index (κ2) is 6.64. The van der Waals surface area contributed by atoms with Gasteiger partial charge in [0, 0.05) is 22.5 Å². The maximum atomic E-state index is 12.0. The zero-order valence-corrected chi connectivity index (χ0v) is 11.8. The van der Waals surface area contributed by atoms with Crippen LogP contribution in [0.5, 0.6) is 5.75 Å². The monoisotopic (exact) mass is 299 g/mol. The van der Waals surface area contributed by atoms with E-state index in [9.17, 15) is 9.90 Å². The smallest absolute Gasteiger partial charge is 0.251 e. The summed E-state index contributed by atoms with van der Waals surface area (Å²) in [6.07, 6.45) is 1.80. The highest BCUT2D eigenvalue weighted by atomic mass is 79.9. The van der Waals surface area contributed by atoms with E-state index in [1.54, 1.807) is 25.1 Å². The summed E-state index contributed by atoms with van der Waals surface area (Å²) < 4.78 is 0. The van der Waals surface area contributed by atoms with Crippen molar-refractivity contribution in [2.45, 2.75) is 32.7 Å². The van der Waals surface area contributed by atoms with Crippen LogP contribution in [0.15, 0.2) is 18.2 Å². The Morgan fingerprint density at radius 1 is 1.53 bits per heavy atom. The third-order valence-electron chi connectivity index (χ3n) is 2.84. The number of alkyl halides is 1. The zero-order valence-electron chi connectivity index (χ0n) is 10.2. The van der Waals surface area contributed by atoms with Gasteiger partial charge in [0.25, 0.3) is 5.91 Å².